The Morgan fingerprint density at radius 2 is 1.57 bits per heavy atom. The molecule has 0 aliphatic carbocycles. The maximum atomic E-state index is 12.7. The van der Waals surface area contributed by atoms with Crippen molar-refractivity contribution in [3.63, 3.8) is 0 Å². The summed E-state index contributed by atoms with van der Waals surface area (Å²) >= 11 is 0. The van der Waals surface area contributed by atoms with Crippen LogP contribution in [0.4, 0.5) is 5.69 Å². The quantitative estimate of drug-likeness (QED) is 0.552. The Morgan fingerprint density at radius 1 is 1.03 bits per heavy atom. The maximum Gasteiger partial charge on any atom is 0.265 e. The van der Waals surface area contributed by atoms with E-state index in [1.165, 1.54) is 40.7 Å². The van der Waals surface area contributed by atoms with Crippen LogP contribution in [0.2, 0.25) is 0 Å². The Balaban J connectivity index is 2.04. The first-order chi connectivity index (χ1) is 14.3. The molecule has 0 saturated heterocycles. The standard InChI is InChI=1S/C22H26N2O5S/c1-5-15-24(16-6-2)30(26,27)21-13-7-18(8-14-21)23-22(25)17(3)29-20-11-9-19(28-4)10-12-20/h5-14,17H,1-2,15-16H2,3-4H3,(H,23,25). The van der Waals surface area contributed by atoms with E-state index in [0.29, 0.717) is 17.2 Å². The average Bonchev–Trinajstić information content (AvgIpc) is 2.74. The number of sulfonamides is 1. The van der Waals surface area contributed by atoms with Crippen molar-refractivity contribution in [1.82, 2.24) is 4.31 Å². The third-order valence-electron chi connectivity index (χ3n) is 4.17. The van der Waals surface area contributed by atoms with Gasteiger partial charge < -0.3 is 14.8 Å². The van der Waals surface area contributed by atoms with Crippen LogP contribution in [0.25, 0.3) is 0 Å². The van der Waals surface area contributed by atoms with Crippen molar-refractivity contribution in [1.29, 1.82) is 0 Å². The van der Waals surface area contributed by atoms with Crippen molar-refractivity contribution in [2.24, 2.45) is 0 Å². The molecule has 0 fully saturated rings. The molecule has 1 atom stereocenters. The Morgan fingerprint density at radius 3 is 2.07 bits per heavy atom. The monoisotopic (exact) mass is 430 g/mol. The highest BCUT2D eigenvalue weighted by atomic mass is 32.2. The Labute approximate surface area is 177 Å². The van der Waals surface area contributed by atoms with Crippen molar-refractivity contribution in [3.05, 3.63) is 73.8 Å². The van der Waals surface area contributed by atoms with Crippen molar-refractivity contribution < 1.29 is 22.7 Å². The Bertz CT molecular complexity index is 960. The molecule has 2 rings (SSSR count). The third kappa shape index (κ3) is 5.95. The minimum absolute atomic E-state index is 0.117. The van der Waals surface area contributed by atoms with Crippen molar-refractivity contribution in [2.75, 3.05) is 25.5 Å². The second-order valence-electron chi connectivity index (χ2n) is 6.35. The number of carbonyl (C=O) groups is 1. The van der Waals surface area contributed by atoms with Gasteiger partial charge in [0.15, 0.2) is 6.10 Å². The SMILES string of the molecule is C=CCN(CC=C)S(=O)(=O)c1ccc(NC(=O)C(C)Oc2ccc(OC)cc2)cc1. The highest BCUT2D eigenvalue weighted by Crippen LogP contribution is 2.20. The van der Waals surface area contributed by atoms with Gasteiger partial charge in [-0.1, -0.05) is 12.2 Å². The minimum Gasteiger partial charge on any atom is -0.497 e. The number of benzene rings is 2. The third-order valence-corrected chi connectivity index (χ3v) is 6.01. The molecule has 30 heavy (non-hydrogen) atoms. The smallest absolute Gasteiger partial charge is 0.265 e. The van der Waals surface area contributed by atoms with Gasteiger partial charge >= 0.3 is 0 Å². The fourth-order valence-electron chi connectivity index (χ4n) is 2.57. The van der Waals surface area contributed by atoms with E-state index in [9.17, 15) is 13.2 Å². The fraction of sp³-hybridized carbons (Fsp3) is 0.227. The summed E-state index contributed by atoms with van der Waals surface area (Å²) in [5, 5.41) is 2.71. The zero-order chi connectivity index (χ0) is 22.1. The lowest BCUT2D eigenvalue weighted by Crippen LogP contribution is -2.31. The molecule has 0 spiro atoms. The number of amides is 1. The molecule has 0 aliphatic heterocycles. The molecule has 0 heterocycles. The van der Waals surface area contributed by atoms with Crippen LogP contribution in [-0.2, 0) is 14.8 Å². The lowest BCUT2D eigenvalue weighted by molar-refractivity contribution is -0.122. The Hall–Kier alpha value is -3.10. The van der Waals surface area contributed by atoms with Crippen LogP contribution in [0, 0.1) is 0 Å². The van der Waals surface area contributed by atoms with E-state index in [1.54, 1.807) is 38.3 Å². The van der Waals surface area contributed by atoms with Crippen molar-refractivity contribution >= 4 is 21.6 Å². The van der Waals surface area contributed by atoms with Crippen LogP contribution in [-0.4, -0.2) is 44.9 Å². The summed E-state index contributed by atoms with van der Waals surface area (Å²) in [6, 6.07) is 12.8. The number of carbonyl (C=O) groups excluding carboxylic acids is 1. The van der Waals surface area contributed by atoms with Crippen LogP contribution < -0.4 is 14.8 Å². The van der Waals surface area contributed by atoms with Gasteiger partial charge in [-0.25, -0.2) is 8.42 Å². The number of anilines is 1. The summed E-state index contributed by atoms with van der Waals surface area (Å²) in [6.45, 7) is 9.14. The van der Waals surface area contributed by atoms with Gasteiger partial charge in [0.2, 0.25) is 10.0 Å². The lowest BCUT2D eigenvalue weighted by Gasteiger charge is -2.19. The molecule has 0 bridgehead atoms. The molecule has 0 saturated carbocycles. The summed E-state index contributed by atoms with van der Waals surface area (Å²) in [5.74, 6) is 0.861. The zero-order valence-corrected chi connectivity index (χ0v) is 17.9. The second kappa shape index (κ2) is 10.6. The summed E-state index contributed by atoms with van der Waals surface area (Å²) in [5.41, 5.74) is 0.461. The first kappa shape index (κ1) is 23.2. The number of nitrogens with zero attached hydrogens (tertiary/aromatic N) is 1. The molecule has 2 aromatic rings. The molecule has 1 N–H and O–H groups in total. The van der Waals surface area contributed by atoms with Gasteiger partial charge in [0.05, 0.1) is 12.0 Å². The molecule has 0 aliphatic rings. The Kier molecular flexibility index (Phi) is 8.20. The summed E-state index contributed by atoms with van der Waals surface area (Å²) in [6.07, 6.45) is 2.28. The summed E-state index contributed by atoms with van der Waals surface area (Å²) < 4.78 is 37.4. The van der Waals surface area contributed by atoms with Crippen molar-refractivity contribution in [3.8, 4) is 11.5 Å². The largest absolute Gasteiger partial charge is 0.497 e. The first-order valence-corrected chi connectivity index (χ1v) is 10.7. The van der Waals surface area contributed by atoms with E-state index in [1.807, 2.05) is 0 Å². The number of rotatable bonds is 11. The molecule has 0 aromatic heterocycles. The molecule has 160 valence electrons. The predicted molar refractivity (Wildman–Crippen MR) is 117 cm³/mol. The minimum atomic E-state index is -3.69. The summed E-state index contributed by atoms with van der Waals surface area (Å²) in [4.78, 5) is 12.5. The zero-order valence-electron chi connectivity index (χ0n) is 17.1. The van der Waals surface area contributed by atoms with Gasteiger partial charge in [-0.05, 0) is 55.5 Å². The molecule has 0 radical (unpaired) electrons. The van der Waals surface area contributed by atoms with Crippen LogP contribution >= 0.6 is 0 Å². The normalized spacial score (nSPS) is 12.1. The second-order valence-corrected chi connectivity index (χ2v) is 8.29. The molecular formula is C22H26N2O5S. The first-order valence-electron chi connectivity index (χ1n) is 9.25. The van der Waals surface area contributed by atoms with E-state index in [2.05, 4.69) is 18.5 Å². The molecular weight excluding hydrogens is 404 g/mol. The van der Waals surface area contributed by atoms with Gasteiger partial charge in [-0.2, -0.15) is 4.31 Å². The number of nitrogens with one attached hydrogen (secondary N) is 1. The van der Waals surface area contributed by atoms with E-state index >= 15 is 0 Å². The van der Waals surface area contributed by atoms with Gasteiger partial charge in [0.25, 0.3) is 5.91 Å². The van der Waals surface area contributed by atoms with E-state index in [4.69, 9.17) is 9.47 Å². The van der Waals surface area contributed by atoms with Crippen LogP contribution in [0.5, 0.6) is 11.5 Å². The average molecular weight is 431 g/mol. The maximum absolute atomic E-state index is 12.7. The summed E-state index contributed by atoms with van der Waals surface area (Å²) in [7, 11) is -2.12. The highest BCUT2D eigenvalue weighted by molar-refractivity contribution is 7.89. The highest BCUT2D eigenvalue weighted by Gasteiger charge is 2.22. The fourth-order valence-corrected chi connectivity index (χ4v) is 3.96. The van der Waals surface area contributed by atoms with E-state index in [-0.39, 0.29) is 23.9 Å². The van der Waals surface area contributed by atoms with Crippen LogP contribution in [0.3, 0.4) is 0 Å². The van der Waals surface area contributed by atoms with Crippen LogP contribution in [0.15, 0.2) is 78.7 Å². The van der Waals surface area contributed by atoms with Gasteiger partial charge in [0, 0.05) is 18.8 Å². The van der Waals surface area contributed by atoms with Gasteiger partial charge in [0.1, 0.15) is 11.5 Å². The number of hydrogen-bond acceptors (Lipinski definition) is 5. The van der Waals surface area contributed by atoms with Crippen LogP contribution in [0.1, 0.15) is 6.92 Å². The molecule has 7 nitrogen and oxygen atoms in total. The van der Waals surface area contributed by atoms with Crippen molar-refractivity contribution in [2.45, 2.75) is 17.9 Å². The molecule has 1 unspecified atom stereocenters. The molecule has 2 aromatic carbocycles. The van der Waals surface area contributed by atoms with Gasteiger partial charge in [-0.3, -0.25) is 4.79 Å². The topological polar surface area (TPSA) is 84.9 Å². The number of ether oxygens (including phenoxy) is 2. The van der Waals surface area contributed by atoms with E-state index < -0.39 is 16.1 Å². The predicted octanol–water partition coefficient (Wildman–Crippen LogP) is 3.46. The number of hydrogen-bond donors (Lipinski definition) is 1. The molecule has 8 heteroatoms. The number of methoxy groups -OCH3 is 1. The van der Waals surface area contributed by atoms with E-state index in [0.717, 1.165) is 0 Å². The lowest BCUT2D eigenvalue weighted by atomic mass is 10.3. The van der Waals surface area contributed by atoms with Gasteiger partial charge in [-0.15, -0.1) is 13.2 Å². The molecule has 1 amide bonds.